The van der Waals surface area contributed by atoms with E-state index in [9.17, 15) is 0 Å². The van der Waals surface area contributed by atoms with Crippen LogP contribution in [0.1, 0.15) is 30.5 Å². The van der Waals surface area contributed by atoms with Crippen molar-refractivity contribution in [3.8, 4) is 5.75 Å². The Labute approximate surface area is 127 Å². The first kappa shape index (κ1) is 15.3. The first-order valence-corrected chi connectivity index (χ1v) is 7.42. The Kier molecular flexibility index (Phi) is 6.04. The molecule has 0 aliphatic heterocycles. The third-order valence-corrected chi connectivity index (χ3v) is 3.50. The molecule has 0 aliphatic carbocycles. The van der Waals surface area contributed by atoms with E-state index in [1.165, 1.54) is 11.1 Å². The van der Waals surface area contributed by atoms with Crippen LogP contribution in [0.25, 0.3) is 6.08 Å². The van der Waals surface area contributed by atoms with E-state index < -0.39 is 0 Å². The zero-order chi connectivity index (χ0) is 14.9. The zero-order valence-corrected chi connectivity index (χ0v) is 12.8. The van der Waals surface area contributed by atoms with Crippen molar-refractivity contribution in [2.75, 3.05) is 13.7 Å². The molecule has 0 aromatic heterocycles. The zero-order valence-electron chi connectivity index (χ0n) is 12.8. The average molecular weight is 281 g/mol. The van der Waals surface area contributed by atoms with Crippen LogP contribution in [0.5, 0.6) is 5.75 Å². The maximum atomic E-state index is 5.29. The summed E-state index contributed by atoms with van der Waals surface area (Å²) in [5.41, 5.74) is 2.50. The lowest BCUT2D eigenvalue weighted by Crippen LogP contribution is -2.20. The monoisotopic (exact) mass is 281 g/mol. The minimum atomic E-state index is 0.348. The van der Waals surface area contributed by atoms with E-state index in [2.05, 4.69) is 60.8 Å². The lowest BCUT2D eigenvalue weighted by Gasteiger charge is -2.17. The number of hydrogen-bond donors (Lipinski definition) is 1. The Balaban J connectivity index is 1.92. The van der Waals surface area contributed by atoms with Crippen molar-refractivity contribution in [1.29, 1.82) is 0 Å². The van der Waals surface area contributed by atoms with Crippen molar-refractivity contribution in [3.05, 3.63) is 71.8 Å². The van der Waals surface area contributed by atoms with Gasteiger partial charge in [0.15, 0.2) is 0 Å². The molecule has 2 rings (SSSR count). The first-order valence-electron chi connectivity index (χ1n) is 7.42. The second-order valence-electron chi connectivity index (χ2n) is 4.96. The molecule has 21 heavy (non-hydrogen) atoms. The van der Waals surface area contributed by atoms with E-state index in [0.717, 1.165) is 18.7 Å². The molecule has 2 heteroatoms. The topological polar surface area (TPSA) is 21.3 Å². The summed E-state index contributed by atoms with van der Waals surface area (Å²) in [4.78, 5) is 0. The van der Waals surface area contributed by atoms with Crippen molar-refractivity contribution in [1.82, 2.24) is 5.32 Å². The summed E-state index contributed by atoms with van der Waals surface area (Å²) in [5, 5.41) is 3.56. The maximum Gasteiger partial charge on any atom is 0.119 e. The van der Waals surface area contributed by atoms with Gasteiger partial charge in [-0.05, 0) is 29.7 Å². The lowest BCUT2D eigenvalue weighted by molar-refractivity contribution is 0.413. The van der Waals surface area contributed by atoms with Crippen molar-refractivity contribution >= 4 is 6.08 Å². The molecule has 0 aliphatic rings. The Morgan fingerprint density at radius 2 is 1.90 bits per heavy atom. The van der Waals surface area contributed by atoms with Crippen molar-refractivity contribution in [2.24, 2.45) is 0 Å². The second kappa shape index (κ2) is 8.28. The van der Waals surface area contributed by atoms with Gasteiger partial charge >= 0.3 is 0 Å². The Bertz CT molecular complexity index is 563. The first-order chi connectivity index (χ1) is 10.3. The van der Waals surface area contributed by atoms with E-state index in [4.69, 9.17) is 4.74 Å². The predicted molar refractivity (Wildman–Crippen MR) is 89.5 cm³/mol. The molecule has 1 atom stereocenters. The molecule has 0 radical (unpaired) electrons. The molecular weight excluding hydrogens is 258 g/mol. The summed E-state index contributed by atoms with van der Waals surface area (Å²) < 4.78 is 5.29. The van der Waals surface area contributed by atoms with Gasteiger partial charge in [0.05, 0.1) is 7.11 Å². The van der Waals surface area contributed by atoms with Crippen molar-refractivity contribution < 1.29 is 4.74 Å². The quantitative estimate of drug-likeness (QED) is 0.809. The summed E-state index contributed by atoms with van der Waals surface area (Å²) in [5.74, 6) is 0.910. The summed E-state index contributed by atoms with van der Waals surface area (Å²) in [6.45, 7) is 3.04. The number of ether oxygens (including phenoxy) is 1. The molecule has 110 valence electrons. The van der Waals surface area contributed by atoms with Crippen LogP contribution in [0.15, 0.2) is 60.7 Å². The SMILES string of the molecule is CCC(NCC=Cc1ccccc1)c1cccc(OC)c1. The highest BCUT2D eigenvalue weighted by Crippen LogP contribution is 2.21. The normalized spacial score (nSPS) is 12.5. The van der Waals surface area contributed by atoms with Gasteiger partial charge in [-0.15, -0.1) is 0 Å². The fourth-order valence-corrected chi connectivity index (χ4v) is 2.33. The van der Waals surface area contributed by atoms with Crippen LogP contribution in [0.3, 0.4) is 0 Å². The van der Waals surface area contributed by atoms with E-state index in [-0.39, 0.29) is 0 Å². The predicted octanol–water partition coefficient (Wildman–Crippen LogP) is 4.45. The van der Waals surface area contributed by atoms with Crippen LogP contribution < -0.4 is 10.1 Å². The summed E-state index contributed by atoms with van der Waals surface area (Å²) in [6, 6.07) is 19.0. The van der Waals surface area contributed by atoms with Gasteiger partial charge in [0.1, 0.15) is 5.75 Å². The molecule has 2 aromatic rings. The van der Waals surface area contributed by atoms with Crippen LogP contribution in [-0.4, -0.2) is 13.7 Å². The number of nitrogens with one attached hydrogen (secondary N) is 1. The third-order valence-electron chi connectivity index (χ3n) is 3.50. The molecule has 0 bridgehead atoms. The van der Waals surface area contributed by atoms with Crippen molar-refractivity contribution in [2.45, 2.75) is 19.4 Å². The molecular formula is C19H23NO. The number of benzene rings is 2. The highest BCUT2D eigenvalue weighted by atomic mass is 16.5. The number of rotatable bonds is 7. The summed E-state index contributed by atoms with van der Waals surface area (Å²) in [6.07, 6.45) is 5.36. The summed E-state index contributed by atoms with van der Waals surface area (Å²) >= 11 is 0. The van der Waals surface area contributed by atoms with Gasteiger partial charge in [-0.2, -0.15) is 0 Å². The summed E-state index contributed by atoms with van der Waals surface area (Å²) in [7, 11) is 1.70. The molecule has 0 saturated heterocycles. The smallest absolute Gasteiger partial charge is 0.119 e. The van der Waals surface area contributed by atoms with Gasteiger partial charge in [0.25, 0.3) is 0 Å². The van der Waals surface area contributed by atoms with Gasteiger partial charge in [0, 0.05) is 12.6 Å². The largest absolute Gasteiger partial charge is 0.497 e. The molecule has 0 saturated carbocycles. The van der Waals surface area contributed by atoms with Crippen molar-refractivity contribution in [3.63, 3.8) is 0 Å². The molecule has 1 N–H and O–H groups in total. The van der Waals surface area contributed by atoms with Crippen LogP contribution in [0, 0.1) is 0 Å². The van der Waals surface area contributed by atoms with E-state index in [0.29, 0.717) is 6.04 Å². The standard InChI is InChI=1S/C19H23NO/c1-3-19(17-12-7-13-18(15-17)21-2)20-14-8-11-16-9-5-4-6-10-16/h4-13,15,19-20H,3,14H2,1-2H3. The fraction of sp³-hybridized carbons (Fsp3) is 0.263. The fourth-order valence-electron chi connectivity index (χ4n) is 2.33. The van der Waals surface area contributed by atoms with Crippen LogP contribution in [0.4, 0.5) is 0 Å². The Morgan fingerprint density at radius 1 is 1.10 bits per heavy atom. The van der Waals surface area contributed by atoms with Gasteiger partial charge in [-0.1, -0.05) is 61.5 Å². The van der Waals surface area contributed by atoms with Gasteiger partial charge < -0.3 is 10.1 Å². The van der Waals surface area contributed by atoms with Crippen LogP contribution >= 0.6 is 0 Å². The van der Waals surface area contributed by atoms with Gasteiger partial charge in [-0.25, -0.2) is 0 Å². The highest BCUT2D eigenvalue weighted by molar-refractivity contribution is 5.48. The van der Waals surface area contributed by atoms with E-state index >= 15 is 0 Å². The van der Waals surface area contributed by atoms with Gasteiger partial charge in [0.2, 0.25) is 0 Å². The molecule has 0 spiro atoms. The Morgan fingerprint density at radius 3 is 2.62 bits per heavy atom. The second-order valence-corrected chi connectivity index (χ2v) is 4.96. The number of hydrogen-bond acceptors (Lipinski definition) is 2. The number of methoxy groups -OCH3 is 1. The van der Waals surface area contributed by atoms with Crippen LogP contribution in [-0.2, 0) is 0 Å². The van der Waals surface area contributed by atoms with Crippen LogP contribution in [0.2, 0.25) is 0 Å². The highest BCUT2D eigenvalue weighted by Gasteiger charge is 2.08. The molecule has 1 unspecified atom stereocenters. The molecule has 2 nitrogen and oxygen atoms in total. The lowest BCUT2D eigenvalue weighted by atomic mass is 10.0. The maximum absolute atomic E-state index is 5.29. The molecule has 0 fully saturated rings. The third kappa shape index (κ3) is 4.76. The Hall–Kier alpha value is -2.06. The average Bonchev–Trinajstić information content (AvgIpc) is 2.56. The van der Waals surface area contributed by atoms with E-state index in [1.807, 2.05) is 18.2 Å². The molecule has 2 aromatic carbocycles. The van der Waals surface area contributed by atoms with Gasteiger partial charge in [-0.3, -0.25) is 0 Å². The minimum Gasteiger partial charge on any atom is -0.497 e. The van der Waals surface area contributed by atoms with E-state index in [1.54, 1.807) is 7.11 Å². The molecule has 0 amide bonds. The molecule has 0 heterocycles. The minimum absolute atomic E-state index is 0.348.